The second-order valence-corrected chi connectivity index (χ2v) is 7.13. The maximum absolute atomic E-state index is 12.6. The summed E-state index contributed by atoms with van der Waals surface area (Å²) in [5, 5.41) is 6.85. The summed E-state index contributed by atoms with van der Waals surface area (Å²) in [6.07, 6.45) is -1.42. The molecule has 0 spiro atoms. The Labute approximate surface area is 149 Å². The highest BCUT2D eigenvalue weighted by Crippen LogP contribution is 2.30. The topological polar surface area (TPSA) is 72.1 Å². The summed E-state index contributed by atoms with van der Waals surface area (Å²) in [5.41, 5.74) is 1.34. The number of nitrogens with zero attached hydrogens (tertiary/aromatic N) is 4. The van der Waals surface area contributed by atoms with E-state index in [2.05, 4.69) is 15.2 Å². The van der Waals surface area contributed by atoms with E-state index in [1.807, 2.05) is 6.07 Å². The summed E-state index contributed by atoms with van der Waals surface area (Å²) < 4.78 is 30.7. The maximum Gasteiger partial charge on any atom is 0.314 e. The SMILES string of the molecule is O=C1c2cc(-c3nnc(C(F)F)o3)cnc2CN1Cc1ccc(Cl)s1. The van der Waals surface area contributed by atoms with Crippen molar-refractivity contribution in [2.24, 2.45) is 0 Å². The average molecular weight is 383 g/mol. The minimum Gasteiger partial charge on any atom is -0.415 e. The zero-order valence-corrected chi connectivity index (χ0v) is 14.0. The molecule has 0 saturated carbocycles. The molecule has 0 radical (unpaired) electrons. The average Bonchev–Trinajstić information content (AvgIpc) is 3.29. The lowest BCUT2D eigenvalue weighted by Gasteiger charge is -2.13. The summed E-state index contributed by atoms with van der Waals surface area (Å²) in [7, 11) is 0. The van der Waals surface area contributed by atoms with Crippen LogP contribution >= 0.6 is 22.9 Å². The Balaban J connectivity index is 1.59. The zero-order chi connectivity index (χ0) is 17.6. The molecule has 1 aliphatic heterocycles. The number of hydrogen-bond donors (Lipinski definition) is 0. The number of hydrogen-bond acceptors (Lipinski definition) is 6. The molecule has 3 aromatic heterocycles. The van der Waals surface area contributed by atoms with Gasteiger partial charge < -0.3 is 9.32 Å². The van der Waals surface area contributed by atoms with Crippen LogP contribution in [-0.4, -0.2) is 26.0 Å². The molecule has 25 heavy (non-hydrogen) atoms. The highest BCUT2D eigenvalue weighted by Gasteiger charge is 2.30. The number of pyridine rings is 1. The maximum atomic E-state index is 12.6. The summed E-state index contributed by atoms with van der Waals surface area (Å²) in [5.74, 6) is -1.05. The molecule has 6 nitrogen and oxygen atoms in total. The van der Waals surface area contributed by atoms with Gasteiger partial charge in [-0.3, -0.25) is 9.78 Å². The Kier molecular flexibility index (Phi) is 3.97. The van der Waals surface area contributed by atoms with E-state index in [9.17, 15) is 13.6 Å². The quantitative estimate of drug-likeness (QED) is 0.683. The molecule has 0 aromatic carbocycles. The van der Waals surface area contributed by atoms with Crippen LogP contribution in [0.2, 0.25) is 4.34 Å². The van der Waals surface area contributed by atoms with Crippen LogP contribution in [0.1, 0.15) is 33.2 Å². The van der Waals surface area contributed by atoms with Gasteiger partial charge in [0.2, 0.25) is 5.89 Å². The van der Waals surface area contributed by atoms with Gasteiger partial charge in [-0.25, -0.2) is 0 Å². The number of alkyl halides is 2. The number of amides is 1. The summed E-state index contributed by atoms with van der Waals surface area (Å²) in [6, 6.07) is 5.18. The molecule has 0 N–H and O–H groups in total. The third kappa shape index (κ3) is 3.00. The molecule has 1 aliphatic rings. The number of aromatic nitrogens is 3. The first kappa shape index (κ1) is 16.1. The number of halogens is 3. The van der Waals surface area contributed by atoms with Gasteiger partial charge in [0.05, 0.1) is 34.2 Å². The molecule has 1 amide bonds. The number of thiophene rings is 1. The van der Waals surface area contributed by atoms with Crippen molar-refractivity contribution in [2.45, 2.75) is 19.5 Å². The van der Waals surface area contributed by atoms with Crippen molar-refractivity contribution in [1.82, 2.24) is 20.1 Å². The van der Waals surface area contributed by atoms with Crippen LogP contribution in [0.3, 0.4) is 0 Å². The van der Waals surface area contributed by atoms with Crippen molar-refractivity contribution in [3.8, 4) is 11.5 Å². The van der Waals surface area contributed by atoms with E-state index < -0.39 is 12.3 Å². The molecule has 10 heteroatoms. The Morgan fingerprint density at radius 3 is 2.88 bits per heavy atom. The van der Waals surface area contributed by atoms with Crippen molar-refractivity contribution < 1.29 is 18.0 Å². The number of carbonyl (C=O) groups is 1. The number of carbonyl (C=O) groups excluding carboxylic acids is 1. The largest absolute Gasteiger partial charge is 0.415 e. The van der Waals surface area contributed by atoms with Gasteiger partial charge in [-0.1, -0.05) is 11.6 Å². The first-order valence-electron chi connectivity index (χ1n) is 7.15. The fourth-order valence-corrected chi connectivity index (χ4v) is 3.64. The fraction of sp³-hybridized carbons (Fsp3) is 0.200. The fourth-order valence-electron chi connectivity index (χ4n) is 2.54. The van der Waals surface area contributed by atoms with Gasteiger partial charge in [-0.05, 0) is 18.2 Å². The van der Waals surface area contributed by atoms with Crippen LogP contribution in [0.25, 0.3) is 11.5 Å². The van der Waals surface area contributed by atoms with E-state index in [1.54, 1.807) is 11.0 Å². The monoisotopic (exact) mass is 382 g/mol. The minimum absolute atomic E-state index is 0.0955. The highest BCUT2D eigenvalue weighted by molar-refractivity contribution is 7.16. The zero-order valence-electron chi connectivity index (χ0n) is 12.4. The van der Waals surface area contributed by atoms with Crippen molar-refractivity contribution in [3.05, 3.63) is 50.8 Å². The first-order chi connectivity index (χ1) is 12.0. The molecule has 4 heterocycles. The van der Waals surface area contributed by atoms with Crippen molar-refractivity contribution in [1.29, 1.82) is 0 Å². The number of rotatable bonds is 4. The summed E-state index contributed by atoms with van der Waals surface area (Å²) >= 11 is 7.32. The lowest BCUT2D eigenvalue weighted by molar-refractivity contribution is 0.0768. The second-order valence-electron chi connectivity index (χ2n) is 5.33. The molecular weight excluding hydrogens is 374 g/mol. The predicted octanol–water partition coefficient (Wildman–Crippen LogP) is 3.94. The normalized spacial score (nSPS) is 13.8. The van der Waals surface area contributed by atoms with Gasteiger partial charge in [0.1, 0.15) is 0 Å². The van der Waals surface area contributed by atoms with E-state index in [1.165, 1.54) is 23.6 Å². The molecule has 0 atom stereocenters. The van der Waals surface area contributed by atoms with E-state index in [4.69, 9.17) is 16.0 Å². The number of fused-ring (bicyclic) bond motifs is 1. The molecular formula is C15H9ClF2N4O2S. The van der Waals surface area contributed by atoms with E-state index in [0.717, 1.165) is 4.88 Å². The van der Waals surface area contributed by atoms with Crippen LogP contribution in [0.4, 0.5) is 8.78 Å². The predicted molar refractivity (Wildman–Crippen MR) is 85.4 cm³/mol. The standard InChI is InChI=1S/C15H9ClF2N4O2S/c16-11-2-1-8(25-11)5-22-6-10-9(15(22)23)3-7(4-19-10)13-20-21-14(24-13)12(17)18/h1-4,12H,5-6H2. The molecule has 3 aromatic rings. The molecule has 0 unspecified atom stereocenters. The van der Waals surface area contributed by atoms with E-state index in [-0.39, 0.29) is 11.8 Å². The smallest absolute Gasteiger partial charge is 0.314 e. The van der Waals surface area contributed by atoms with Crippen molar-refractivity contribution >= 4 is 28.8 Å². The summed E-state index contributed by atoms with van der Waals surface area (Å²) in [4.78, 5) is 19.4. The molecule has 128 valence electrons. The Morgan fingerprint density at radius 1 is 1.36 bits per heavy atom. The Morgan fingerprint density at radius 2 is 2.20 bits per heavy atom. The third-order valence-corrected chi connectivity index (χ3v) is 4.89. The minimum atomic E-state index is -2.85. The lowest BCUT2D eigenvalue weighted by Crippen LogP contribution is -2.22. The lowest BCUT2D eigenvalue weighted by atomic mass is 10.1. The van der Waals surface area contributed by atoms with Crippen LogP contribution in [0.5, 0.6) is 0 Å². The van der Waals surface area contributed by atoms with Crippen molar-refractivity contribution in [3.63, 3.8) is 0 Å². The van der Waals surface area contributed by atoms with E-state index in [0.29, 0.717) is 34.2 Å². The first-order valence-corrected chi connectivity index (χ1v) is 8.35. The third-order valence-electron chi connectivity index (χ3n) is 3.68. The molecule has 0 fully saturated rings. The van der Waals surface area contributed by atoms with E-state index >= 15 is 0 Å². The second kappa shape index (κ2) is 6.16. The van der Waals surface area contributed by atoms with Gasteiger partial charge in [0.15, 0.2) is 0 Å². The van der Waals surface area contributed by atoms with Gasteiger partial charge in [-0.2, -0.15) is 8.78 Å². The molecule has 0 aliphatic carbocycles. The Bertz CT molecular complexity index is 959. The van der Waals surface area contributed by atoms with Crippen LogP contribution in [-0.2, 0) is 13.1 Å². The Hall–Kier alpha value is -2.39. The van der Waals surface area contributed by atoms with Crippen LogP contribution in [0.15, 0.2) is 28.8 Å². The van der Waals surface area contributed by atoms with Gasteiger partial charge in [0, 0.05) is 11.1 Å². The molecule has 4 rings (SSSR count). The van der Waals surface area contributed by atoms with Crippen LogP contribution < -0.4 is 0 Å². The van der Waals surface area contributed by atoms with Crippen molar-refractivity contribution in [2.75, 3.05) is 0 Å². The van der Waals surface area contributed by atoms with Crippen LogP contribution in [0, 0.1) is 0 Å². The van der Waals surface area contributed by atoms with Gasteiger partial charge in [-0.15, -0.1) is 21.5 Å². The molecule has 0 saturated heterocycles. The van der Waals surface area contributed by atoms with Gasteiger partial charge >= 0.3 is 6.43 Å². The summed E-state index contributed by atoms with van der Waals surface area (Å²) in [6.45, 7) is 0.800. The highest BCUT2D eigenvalue weighted by atomic mass is 35.5. The molecule has 0 bridgehead atoms. The van der Waals surface area contributed by atoms with Gasteiger partial charge in [0.25, 0.3) is 11.8 Å².